The lowest BCUT2D eigenvalue weighted by Gasteiger charge is -2.34. The van der Waals surface area contributed by atoms with Gasteiger partial charge < -0.3 is 10.2 Å². The van der Waals surface area contributed by atoms with E-state index in [4.69, 9.17) is 11.6 Å². The van der Waals surface area contributed by atoms with Gasteiger partial charge >= 0.3 is 0 Å². The highest BCUT2D eigenvalue weighted by atomic mass is 35.5. The molecule has 1 unspecified atom stereocenters. The molecule has 0 aliphatic rings. The quantitative estimate of drug-likeness (QED) is 0.528. The second kappa shape index (κ2) is 11.4. The summed E-state index contributed by atoms with van der Waals surface area (Å²) in [5.74, 6) is -0.766. The summed E-state index contributed by atoms with van der Waals surface area (Å²) in [6, 6.07) is 11.7. The number of carbonyl (C=O) groups is 2. The van der Waals surface area contributed by atoms with E-state index in [-0.39, 0.29) is 12.5 Å². The zero-order valence-corrected chi connectivity index (χ0v) is 23.1. The second-order valence-corrected chi connectivity index (χ2v) is 12.1. The van der Waals surface area contributed by atoms with Crippen molar-refractivity contribution in [1.82, 2.24) is 10.2 Å². The van der Waals surface area contributed by atoms with Crippen molar-refractivity contribution in [2.45, 2.75) is 66.1 Å². The number of hydrogen-bond acceptors (Lipinski definition) is 4. The molecule has 0 heterocycles. The predicted molar refractivity (Wildman–Crippen MR) is 142 cm³/mol. The summed E-state index contributed by atoms with van der Waals surface area (Å²) in [6.45, 7) is 10.9. The first-order chi connectivity index (χ1) is 16.1. The average molecular weight is 522 g/mol. The number of carbonyl (C=O) groups excluding carboxylic acids is 2. The minimum atomic E-state index is -3.81. The van der Waals surface area contributed by atoms with Crippen LogP contribution in [0.5, 0.6) is 0 Å². The van der Waals surface area contributed by atoms with Crippen molar-refractivity contribution in [2.24, 2.45) is 0 Å². The van der Waals surface area contributed by atoms with Gasteiger partial charge in [-0.05, 0) is 69.9 Å². The highest BCUT2D eigenvalue weighted by molar-refractivity contribution is 7.92. The van der Waals surface area contributed by atoms with E-state index in [0.29, 0.717) is 17.1 Å². The molecule has 9 heteroatoms. The number of nitrogens with zero attached hydrogens (tertiary/aromatic N) is 2. The van der Waals surface area contributed by atoms with Crippen molar-refractivity contribution in [3.63, 3.8) is 0 Å². The molecule has 0 saturated heterocycles. The number of nitrogens with one attached hydrogen (secondary N) is 1. The van der Waals surface area contributed by atoms with Crippen LogP contribution in [0, 0.1) is 13.8 Å². The minimum absolute atomic E-state index is 0.174. The highest BCUT2D eigenvalue weighted by Crippen LogP contribution is 2.26. The number of sulfonamides is 1. The maximum atomic E-state index is 13.7. The molecule has 35 heavy (non-hydrogen) atoms. The summed E-state index contributed by atoms with van der Waals surface area (Å²) >= 11 is 6.24. The molecule has 0 bridgehead atoms. The van der Waals surface area contributed by atoms with Crippen LogP contribution in [0.1, 0.15) is 50.8 Å². The molecule has 2 amide bonds. The van der Waals surface area contributed by atoms with Crippen LogP contribution in [0.15, 0.2) is 42.5 Å². The van der Waals surface area contributed by atoms with Crippen LogP contribution in [0.25, 0.3) is 0 Å². The van der Waals surface area contributed by atoms with Crippen molar-refractivity contribution in [3.05, 3.63) is 64.2 Å². The van der Waals surface area contributed by atoms with Gasteiger partial charge in [0.15, 0.2) is 0 Å². The van der Waals surface area contributed by atoms with Gasteiger partial charge in [0.25, 0.3) is 0 Å². The average Bonchev–Trinajstić information content (AvgIpc) is 2.73. The third-order valence-electron chi connectivity index (χ3n) is 5.61. The van der Waals surface area contributed by atoms with E-state index in [0.717, 1.165) is 27.3 Å². The second-order valence-electron chi connectivity index (χ2n) is 9.81. The summed E-state index contributed by atoms with van der Waals surface area (Å²) in [6.07, 6.45) is 1.41. The fourth-order valence-electron chi connectivity index (χ4n) is 3.69. The smallest absolute Gasteiger partial charge is 0.244 e. The summed E-state index contributed by atoms with van der Waals surface area (Å²) in [5, 5.41) is 3.35. The molecule has 0 fully saturated rings. The predicted octanol–water partition coefficient (Wildman–Crippen LogP) is 4.44. The van der Waals surface area contributed by atoms with Crippen LogP contribution in [-0.4, -0.2) is 49.5 Å². The molecule has 0 aliphatic carbocycles. The SMILES string of the molecule is CCC(C(=O)NC(C)(C)C)N(Cc1ccccc1C)C(=O)CN(c1ccc(C)c(Cl)c1)S(C)(=O)=O. The monoisotopic (exact) mass is 521 g/mol. The molecule has 7 nitrogen and oxygen atoms in total. The van der Waals surface area contributed by atoms with Crippen molar-refractivity contribution in [3.8, 4) is 0 Å². The van der Waals surface area contributed by atoms with Gasteiger partial charge in [-0.2, -0.15) is 0 Å². The van der Waals surface area contributed by atoms with Crippen LogP contribution < -0.4 is 9.62 Å². The Morgan fingerprint density at radius 1 is 1.06 bits per heavy atom. The standard InChI is InChI=1S/C26H36ClN3O4S/c1-8-23(25(32)28-26(4,5)6)29(16-20-12-10-9-11-18(20)2)24(31)17-30(35(7,33)34)21-14-13-19(3)22(27)15-21/h9-15,23H,8,16-17H2,1-7H3,(H,28,32). The number of hydrogen-bond donors (Lipinski definition) is 1. The first-order valence-corrected chi connectivity index (χ1v) is 13.8. The van der Waals surface area contributed by atoms with Gasteiger partial charge in [-0.25, -0.2) is 8.42 Å². The van der Waals surface area contributed by atoms with Crippen LogP contribution in [0.3, 0.4) is 0 Å². The van der Waals surface area contributed by atoms with E-state index in [1.54, 1.807) is 12.1 Å². The number of benzene rings is 2. The number of amides is 2. The molecule has 0 spiro atoms. The molecule has 2 aromatic rings. The van der Waals surface area contributed by atoms with E-state index in [1.807, 2.05) is 65.8 Å². The van der Waals surface area contributed by atoms with Gasteiger partial charge in [0.2, 0.25) is 21.8 Å². The Balaban J connectivity index is 2.49. The molecular formula is C26H36ClN3O4S. The van der Waals surface area contributed by atoms with Crippen LogP contribution >= 0.6 is 11.6 Å². The van der Waals surface area contributed by atoms with Crippen LogP contribution in [-0.2, 0) is 26.2 Å². The third kappa shape index (κ3) is 7.97. The van der Waals surface area contributed by atoms with Crippen LogP contribution in [0.4, 0.5) is 5.69 Å². The van der Waals surface area contributed by atoms with E-state index in [9.17, 15) is 18.0 Å². The topological polar surface area (TPSA) is 86.8 Å². The summed E-state index contributed by atoms with van der Waals surface area (Å²) < 4.78 is 26.4. The van der Waals surface area contributed by atoms with Gasteiger partial charge in [0, 0.05) is 17.1 Å². The number of rotatable bonds is 9. The summed E-state index contributed by atoms with van der Waals surface area (Å²) in [7, 11) is -3.81. The van der Waals surface area contributed by atoms with Crippen molar-refractivity contribution < 1.29 is 18.0 Å². The van der Waals surface area contributed by atoms with E-state index in [1.165, 1.54) is 11.0 Å². The Morgan fingerprint density at radius 2 is 1.69 bits per heavy atom. The van der Waals surface area contributed by atoms with Gasteiger partial charge in [-0.1, -0.05) is 48.9 Å². The first-order valence-electron chi connectivity index (χ1n) is 11.5. The Morgan fingerprint density at radius 3 is 2.20 bits per heavy atom. The molecule has 0 aromatic heterocycles. The molecule has 2 rings (SSSR count). The normalized spacial score (nSPS) is 12.7. The Bertz CT molecular complexity index is 1180. The van der Waals surface area contributed by atoms with Gasteiger partial charge in [0.05, 0.1) is 11.9 Å². The summed E-state index contributed by atoms with van der Waals surface area (Å²) in [5.41, 5.74) is 2.45. The van der Waals surface area contributed by atoms with Gasteiger partial charge in [0.1, 0.15) is 12.6 Å². The van der Waals surface area contributed by atoms with Gasteiger partial charge in [-0.3, -0.25) is 13.9 Å². The third-order valence-corrected chi connectivity index (χ3v) is 7.16. The molecule has 0 radical (unpaired) electrons. The van der Waals surface area contributed by atoms with Crippen LogP contribution in [0.2, 0.25) is 5.02 Å². The highest BCUT2D eigenvalue weighted by Gasteiger charge is 2.33. The molecule has 1 N–H and O–H groups in total. The van der Waals surface area contributed by atoms with Crippen molar-refractivity contribution in [1.29, 1.82) is 0 Å². The lowest BCUT2D eigenvalue weighted by molar-refractivity contribution is -0.141. The Labute approximate surface area is 214 Å². The fourth-order valence-corrected chi connectivity index (χ4v) is 4.71. The largest absolute Gasteiger partial charge is 0.350 e. The maximum absolute atomic E-state index is 13.7. The Kier molecular flexibility index (Phi) is 9.36. The molecule has 2 aromatic carbocycles. The summed E-state index contributed by atoms with van der Waals surface area (Å²) in [4.78, 5) is 28.4. The molecular weight excluding hydrogens is 486 g/mol. The number of anilines is 1. The molecule has 1 atom stereocenters. The number of halogens is 1. The van der Waals surface area contributed by atoms with E-state index >= 15 is 0 Å². The first kappa shape index (κ1) is 28.7. The lowest BCUT2D eigenvalue weighted by Crippen LogP contribution is -2.55. The zero-order chi connectivity index (χ0) is 26.6. The van der Waals surface area contributed by atoms with Crippen molar-refractivity contribution >= 4 is 39.1 Å². The maximum Gasteiger partial charge on any atom is 0.244 e. The Hall–Kier alpha value is -2.58. The minimum Gasteiger partial charge on any atom is -0.350 e. The van der Waals surface area contributed by atoms with Crippen molar-refractivity contribution in [2.75, 3.05) is 17.1 Å². The lowest BCUT2D eigenvalue weighted by atomic mass is 10.0. The van der Waals surface area contributed by atoms with E-state index < -0.39 is 34.1 Å². The fraction of sp³-hybridized carbons (Fsp3) is 0.462. The molecule has 0 aliphatic heterocycles. The van der Waals surface area contributed by atoms with Gasteiger partial charge in [-0.15, -0.1) is 0 Å². The zero-order valence-electron chi connectivity index (χ0n) is 21.6. The molecule has 0 saturated carbocycles. The molecule has 192 valence electrons. The number of aryl methyl sites for hydroxylation is 2. The van der Waals surface area contributed by atoms with E-state index in [2.05, 4.69) is 5.32 Å².